The van der Waals surface area contributed by atoms with Crippen LogP contribution < -0.4 is 5.43 Å². The van der Waals surface area contributed by atoms with Crippen molar-refractivity contribution in [2.75, 3.05) is 12.0 Å². The summed E-state index contributed by atoms with van der Waals surface area (Å²) in [5.74, 6) is 0. The second-order valence-electron chi connectivity index (χ2n) is 4.73. The number of rotatable bonds is 6. The lowest BCUT2D eigenvalue weighted by Crippen LogP contribution is -2.18. The van der Waals surface area contributed by atoms with Crippen LogP contribution in [0.1, 0.15) is 13.8 Å². The summed E-state index contributed by atoms with van der Waals surface area (Å²) in [4.78, 5) is 20.0. The van der Waals surface area contributed by atoms with E-state index >= 15 is 0 Å². The number of non-ortho nitro benzene ring substituents is 1. The number of nitrogens with one attached hydrogen (secondary N) is 1. The van der Waals surface area contributed by atoms with Crippen molar-refractivity contribution < 1.29 is 15.0 Å². The van der Waals surface area contributed by atoms with Crippen molar-refractivity contribution >= 4 is 23.3 Å². The van der Waals surface area contributed by atoms with Gasteiger partial charge in [-0.2, -0.15) is 5.10 Å². The Morgan fingerprint density at radius 2 is 2.00 bits per heavy atom. The summed E-state index contributed by atoms with van der Waals surface area (Å²) in [5, 5.41) is 34.3. The number of aliphatic hydroxyl groups excluding tert-OH is 1. The molecular formula is C11H14N4O5. The van der Waals surface area contributed by atoms with Crippen molar-refractivity contribution in [2.45, 2.75) is 13.8 Å². The minimum Gasteiger partial charge on any atom is -0.395 e. The maximum Gasteiger partial charge on any atom is 0.301 e. The van der Waals surface area contributed by atoms with Crippen LogP contribution in [-0.4, -0.2) is 27.8 Å². The number of nitrogens with zero attached hydrogens (tertiary/aromatic N) is 3. The molecule has 0 amide bonds. The van der Waals surface area contributed by atoms with Gasteiger partial charge in [-0.25, -0.2) is 0 Å². The van der Waals surface area contributed by atoms with E-state index in [4.69, 9.17) is 5.11 Å². The molecule has 0 spiro atoms. The van der Waals surface area contributed by atoms with Crippen LogP contribution in [0.25, 0.3) is 0 Å². The van der Waals surface area contributed by atoms with Gasteiger partial charge in [-0.05, 0) is 6.07 Å². The van der Waals surface area contributed by atoms with Crippen LogP contribution in [0.5, 0.6) is 0 Å². The van der Waals surface area contributed by atoms with Gasteiger partial charge in [0.1, 0.15) is 5.69 Å². The van der Waals surface area contributed by atoms with E-state index in [2.05, 4.69) is 10.5 Å². The fourth-order valence-corrected chi connectivity index (χ4v) is 1.20. The molecule has 0 bridgehead atoms. The quantitative estimate of drug-likeness (QED) is 0.465. The molecule has 0 fully saturated rings. The van der Waals surface area contributed by atoms with Gasteiger partial charge < -0.3 is 5.11 Å². The molecule has 0 aromatic heterocycles. The van der Waals surface area contributed by atoms with Gasteiger partial charge in [-0.15, -0.1) is 0 Å². The van der Waals surface area contributed by atoms with Crippen molar-refractivity contribution in [3.8, 4) is 0 Å². The van der Waals surface area contributed by atoms with E-state index in [1.807, 2.05) is 0 Å². The predicted octanol–water partition coefficient (Wildman–Crippen LogP) is 1.92. The third-order valence-electron chi connectivity index (χ3n) is 2.40. The van der Waals surface area contributed by atoms with E-state index in [0.717, 1.165) is 12.1 Å². The molecule has 0 radical (unpaired) electrons. The topological polar surface area (TPSA) is 131 Å². The highest BCUT2D eigenvalue weighted by Gasteiger charge is 2.19. The second-order valence-corrected chi connectivity index (χ2v) is 4.73. The van der Waals surface area contributed by atoms with Crippen molar-refractivity contribution in [3.05, 3.63) is 38.4 Å². The Bertz CT molecular complexity index is 556. The van der Waals surface area contributed by atoms with Gasteiger partial charge in [0, 0.05) is 17.7 Å². The van der Waals surface area contributed by atoms with Gasteiger partial charge in [-0.1, -0.05) is 13.8 Å². The monoisotopic (exact) mass is 282 g/mol. The molecule has 0 aliphatic rings. The van der Waals surface area contributed by atoms with Crippen molar-refractivity contribution in [2.24, 2.45) is 10.5 Å². The third-order valence-corrected chi connectivity index (χ3v) is 2.40. The number of aliphatic hydroxyl groups is 1. The second kappa shape index (κ2) is 6.06. The molecule has 0 aliphatic carbocycles. The third kappa shape index (κ3) is 3.99. The normalized spacial score (nSPS) is 11.6. The van der Waals surface area contributed by atoms with Crippen LogP contribution in [-0.2, 0) is 0 Å². The van der Waals surface area contributed by atoms with Crippen LogP contribution in [0.3, 0.4) is 0 Å². The highest BCUT2D eigenvalue weighted by molar-refractivity contribution is 5.69. The summed E-state index contributed by atoms with van der Waals surface area (Å²) in [7, 11) is 0. The SMILES string of the molecule is CC(C)(/C=N/Nc1ccc([N+](=O)[O-])cc1[N+](=O)[O-])CO. The molecule has 0 aliphatic heterocycles. The Kier molecular flexibility index (Phi) is 4.70. The number of nitro groups is 2. The zero-order chi connectivity index (χ0) is 15.3. The smallest absolute Gasteiger partial charge is 0.301 e. The summed E-state index contributed by atoms with van der Waals surface area (Å²) in [5.41, 5.74) is 1.08. The Hall–Kier alpha value is -2.55. The van der Waals surface area contributed by atoms with E-state index in [-0.39, 0.29) is 18.0 Å². The summed E-state index contributed by atoms with van der Waals surface area (Å²) in [6.07, 6.45) is 1.40. The van der Waals surface area contributed by atoms with E-state index in [1.54, 1.807) is 13.8 Å². The van der Waals surface area contributed by atoms with E-state index < -0.39 is 20.9 Å². The maximum absolute atomic E-state index is 10.9. The number of anilines is 1. The molecule has 2 N–H and O–H groups in total. The first-order valence-electron chi connectivity index (χ1n) is 5.61. The molecule has 108 valence electrons. The first-order valence-corrected chi connectivity index (χ1v) is 5.61. The van der Waals surface area contributed by atoms with Crippen LogP contribution >= 0.6 is 0 Å². The standard InChI is InChI=1S/C11H14N4O5/c1-11(2,7-16)6-12-13-9-4-3-8(14(17)18)5-10(9)15(19)20/h3-6,13,16H,7H2,1-2H3/b12-6+. The van der Waals surface area contributed by atoms with Gasteiger partial charge in [0.2, 0.25) is 0 Å². The van der Waals surface area contributed by atoms with Crippen LogP contribution in [0.2, 0.25) is 0 Å². The minimum atomic E-state index is -0.734. The average molecular weight is 282 g/mol. The summed E-state index contributed by atoms with van der Waals surface area (Å²) < 4.78 is 0. The molecule has 9 nitrogen and oxygen atoms in total. The molecule has 1 rings (SSSR count). The first-order chi connectivity index (χ1) is 9.26. The Labute approximate surface area is 114 Å². The number of hydrogen-bond acceptors (Lipinski definition) is 7. The average Bonchev–Trinajstić information content (AvgIpc) is 2.38. The lowest BCUT2D eigenvalue weighted by molar-refractivity contribution is -0.393. The van der Waals surface area contributed by atoms with E-state index in [9.17, 15) is 20.2 Å². The maximum atomic E-state index is 10.9. The largest absolute Gasteiger partial charge is 0.395 e. The molecule has 9 heteroatoms. The lowest BCUT2D eigenvalue weighted by Gasteiger charge is -2.14. The van der Waals surface area contributed by atoms with Gasteiger partial charge in [0.05, 0.1) is 22.5 Å². The molecule has 0 unspecified atom stereocenters. The van der Waals surface area contributed by atoms with Crippen LogP contribution in [0, 0.1) is 25.6 Å². The molecular weight excluding hydrogens is 268 g/mol. The summed E-state index contributed by atoms with van der Waals surface area (Å²) >= 11 is 0. The summed E-state index contributed by atoms with van der Waals surface area (Å²) in [6, 6.07) is 3.20. The van der Waals surface area contributed by atoms with E-state index in [1.165, 1.54) is 12.3 Å². The molecule has 0 atom stereocenters. The van der Waals surface area contributed by atoms with Gasteiger partial charge in [-0.3, -0.25) is 25.7 Å². The van der Waals surface area contributed by atoms with Gasteiger partial charge >= 0.3 is 5.69 Å². The minimum absolute atomic E-state index is 0.0330. The molecule has 1 aromatic rings. The van der Waals surface area contributed by atoms with Crippen LogP contribution in [0.4, 0.5) is 17.1 Å². The number of hydrazone groups is 1. The molecule has 0 saturated heterocycles. The number of hydrogen-bond donors (Lipinski definition) is 2. The van der Waals surface area contributed by atoms with E-state index in [0.29, 0.717) is 0 Å². The van der Waals surface area contributed by atoms with Crippen molar-refractivity contribution in [1.29, 1.82) is 0 Å². The Morgan fingerprint density at radius 3 is 2.50 bits per heavy atom. The first kappa shape index (κ1) is 15.5. The zero-order valence-corrected chi connectivity index (χ0v) is 10.9. The van der Waals surface area contributed by atoms with Gasteiger partial charge in [0.15, 0.2) is 0 Å². The lowest BCUT2D eigenvalue weighted by atomic mass is 9.97. The fraction of sp³-hybridized carbons (Fsp3) is 0.364. The Balaban J connectivity index is 3.01. The number of benzene rings is 1. The zero-order valence-electron chi connectivity index (χ0n) is 10.9. The van der Waals surface area contributed by atoms with Crippen molar-refractivity contribution in [1.82, 2.24) is 0 Å². The molecule has 0 saturated carbocycles. The van der Waals surface area contributed by atoms with Crippen molar-refractivity contribution in [3.63, 3.8) is 0 Å². The Morgan fingerprint density at radius 1 is 1.35 bits per heavy atom. The molecule has 1 aromatic carbocycles. The highest BCUT2D eigenvalue weighted by atomic mass is 16.6. The highest BCUT2D eigenvalue weighted by Crippen LogP contribution is 2.28. The number of nitro benzene ring substituents is 2. The van der Waals surface area contributed by atoms with Gasteiger partial charge in [0.25, 0.3) is 5.69 Å². The predicted molar refractivity (Wildman–Crippen MR) is 72.7 cm³/mol. The molecule has 20 heavy (non-hydrogen) atoms. The summed E-state index contributed by atoms with van der Waals surface area (Å²) in [6.45, 7) is 3.31. The van der Waals surface area contributed by atoms with Crippen LogP contribution in [0.15, 0.2) is 23.3 Å². The fourth-order valence-electron chi connectivity index (χ4n) is 1.20. The molecule has 0 heterocycles.